The third kappa shape index (κ3) is 3.40. The van der Waals surface area contributed by atoms with Crippen LogP contribution in [0.15, 0.2) is 22.7 Å². The molecule has 7 heteroatoms. The summed E-state index contributed by atoms with van der Waals surface area (Å²) in [7, 11) is 1.88. The number of fused-ring (bicyclic) bond motifs is 3. The topological polar surface area (TPSA) is 66.7 Å². The van der Waals surface area contributed by atoms with Gasteiger partial charge in [0.05, 0.1) is 11.3 Å². The van der Waals surface area contributed by atoms with E-state index in [-0.39, 0.29) is 18.0 Å². The number of carbonyl (C=O) groups is 1. The summed E-state index contributed by atoms with van der Waals surface area (Å²) >= 11 is 3.34. The molecule has 3 saturated heterocycles. The van der Waals surface area contributed by atoms with E-state index in [1.165, 1.54) is 25.0 Å². The molecule has 0 aromatic heterocycles. The third-order valence-corrected chi connectivity index (χ3v) is 5.84. The van der Waals surface area contributed by atoms with E-state index < -0.39 is 4.92 Å². The monoisotopic (exact) mass is 381 g/mol. The van der Waals surface area contributed by atoms with Crippen LogP contribution in [0.25, 0.3) is 0 Å². The molecule has 0 spiro atoms. The fourth-order valence-electron chi connectivity index (χ4n) is 3.64. The van der Waals surface area contributed by atoms with Crippen LogP contribution in [0.4, 0.5) is 5.69 Å². The Morgan fingerprint density at radius 1 is 1.43 bits per heavy atom. The normalized spacial score (nSPS) is 26.1. The molecule has 3 aliphatic heterocycles. The first kappa shape index (κ1) is 16.4. The minimum Gasteiger partial charge on any atom is -0.341 e. The summed E-state index contributed by atoms with van der Waals surface area (Å²) < 4.78 is 0.613. The van der Waals surface area contributed by atoms with Gasteiger partial charge in [-0.1, -0.05) is 22.0 Å². The Labute approximate surface area is 143 Å². The number of carbonyl (C=O) groups excluding carboxylic acids is 1. The van der Waals surface area contributed by atoms with Gasteiger partial charge in [-0.25, -0.2) is 0 Å². The van der Waals surface area contributed by atoms with Gasteiger partial charge in [-0.3, -0.25) is 14.9 Å². The van der Waals surface area contributed by atoms with Gasteiger partial charge in [0.1, 0.15) is 0 Å². The number of amides is 1. The van der Waals surface area contributed by atoms with Crippen molar-refractivity contribution in [1.82, 2.24) is 9.80 Å². The van der Waals surface area contributed by atoms with Gasteiger partial charge in [0.25, 0.3) is 5.69 Å². The predicted molar refractivity (Wildman–Crippen MR) is 90.2 cm³/mol. The standard InChI is InChI=1S/C16H20BrN3O3/c1-18(15-10-19-6-4-11(15)5-7-19)16(21)8-12-2-3-13(20(22)23)9-14(12)17/h2-3,9,11,15H,4-8,10H2,1H3. The number of nitrogens with zero attached hydrogens (tertiary/aromatic N) is 3. The van der Waals surface area contributed by atoms with Gasteiger partial charge in [0.2, 0.25) is 5.91 Å². The van der Waals surface area contributed by atoms with E-state index >= 15 is 0 Å². The molecule has 1 atom stereocenters. The number of halogens is 1. The van der Waals surface area contributed by atoms with Crippen molar-refractivity contribution in [3.05, 3.63) is 38.3 Å². The summed E-state index contributed by atoms with van der Waals surface area (Å²) in [5, 5.41) is 10.8. The first-order chi connectivity index (χ1) is 11.0. The van der Waals surface area contributed by atoms with E-state index in [2.05, 4.69) is 20.8 Å². The third-order valence-electron chi connectivity index (χ3n) is 5.10. The number of nitro benzene ring substituents is 1. The molecule has 0 N–H and O–H groups in total. The molecule has 6 nitrogen and oxygen atoms in total. The van der Waals surface area contributed by atoms with Crippen LogP contribution in [-0.2, 0) is 11.2 Å². The lowest BCUT2D eigenvalue weighted by Gasteiger charge is -2.48. The van der Waals surface area contributed by atoms with Gasteiger partial charge in [-0.2, -0.15) is 0 Å². The molecule has 124 valence electrons. The van der Waals surface area contributed by atoms with Crippen LogP contribution in [0.5, 0.6) is 0 Å². The zero-order valence-electron chi connectivity index (χ0n) is 13.1. The molecule has 1 unspecified atom stereocenters. The lowest BCUT2D eigenvalue weighted by molar-refractivity contribution is -0.384. The Hall–Kier alpha value is -1.47. The fraction of sp³-hybridized carbons (Fsp3) is 0.562. The quantitative estimate of drug-likeness (QED) is 0.593. The number of rotatable bonds is 4. The van der Waals surface area contributed by atoms with Crippen molar-refractivity contribution in [2.24, 2.45) is 5.92 Å². The van der Waals surface area contributed by atoms with Gasteiger partial charge in [0.15, 0.2) is 0 Å². The second kappa shape index (κ2) is 6.57. The summed E-state index contributed by atoms with van der Waals surface area (Å²) in [6.07, 6.45) is 2.60. The maximum Gasteiger partial charge on any atom is 0.270 e. The van der Waals surface area contributed by atoms with E-state index in [0.29, 0.717) is 16.4 Å². The minimum absolute atomic E-state index is 0.0267. The second-order valence-corrected chi connectivity index (χ2v) is 7.27. The summed E-state index contributed by atoms with van der Waals surface area (Å²) in [5.41, 5.74) is 0.813. The van der Waals surface area contributed by atoms with Crippen LogP contribution in [-0.4, -0.2) is 53.4 Å². The van der Waals surface area contributed by atoms with Crippen molar-refractivity contribution in [2.75, 3.05) is 26.7 Å². The first-order valence-corrected chi connectivity index (χ1v) is 8.66. The highest BCUT2D eigenvalue weighted by Crippen LogP contribution is 2.31. The summed E-state index contributed by atoms with van der Waals surface area (Å²) in [4.78, 5) is 27.3. The van der Waals surface area contributed by atoms with Crippen LogP contribution in [0.3, 0.4) is 0 Å². The molecule has 0 saturated carbocycles. The molecule has 1 aromatic carbocycles. The van der Waals surface area contributed by atoms with Crippen molar-refractivity contribution >= 4 is 27.5 Å². The van der Waals surface area contributed by atoms with Gasteiger partial charge in [0, 0.05) is 36.2 Å². The molecule has 2 bridgehead atoms. The van der Waals surface area contributed by atoms with Crippen molar-refractivity contribution in [1.29, 1.82) is 0 Å². The Morgan fingerprint density at radius 3 is 2.65 bits per heavy atom. The van der Waals surface area contributed by atoms with Gasteiger partial charge in [-0.15, -0.1) is 0 Å². The Bertz CT molecular complexity index is 629. The Kier molecular flexibility index (Phi) is 4.68. The highest BCUT2D eigenvalue weighted by molar-refractivity contribution is 9.10. The molecule has 3 fully saturated rings. The van der Waals surface area contributed by atoms with Crippen molar-refractivity contribution in [2.45, 2.75) is 25.3 Å². The van der Waals surface area contributed by atoms with E-state index in [0.717, 1.165) is 25.2 Å². The molecule has 4 rings (SSSR count). The summed E-state index contributed by atoms with van der Waals surface area (Å²) in [6, 6.07) is 4.85. The van der Waals surface area contributed by atoms with Crippen LogP contribution in [0, 0.1) is 16.0 Å². The average Bonchev–Trinajstić information content (AvgIpc) is 2.56. The number of benzene rings is 1. The van der Waals surface area contributed by atoms with Crippen molar-refractivity contribution in [3.8, 4) is 0 Å². The highest BCUT2D eigenvalue weighted by atomic mass is 79.9. The van der Waals surface area contributed by atoms with E-state index in [4.69, 9.17) is 0 Å². The van der Waals surface area contributed by atoms with E-state index in [1.54, 1.807) is 6.07 Å². The molecule has 0 aliphatic carbocycles. The largest absolute Gasteiger partial charge is 0.341 e. The number of hydrogen-bond acceptors (Lipinski definition) is 4. The lowest BCUT2D eigenvalue weighted by Crippen LogP contribution is -2.57. The van der Waals surface area contributed by atoms with Crippen LogP contribution < -0.4 is 0 Å². The Morgan fingerprint density at radius 2 is 2.13 bits per heavy atom. The number of nitro groups is 1. The molecule has 23 heavy (non-hydrogen) atoms. The molecule has 1 aromatic rings. The Balaban J connectivity index is 1.68. The summed E-state index contributed by atoms with van der Waals surface area (Å²) in [5.74, 6) is 0.674. The number of hydrogen-bond donors (Lipinski definition) is 0. The lowest BCUT2D eigenvalue weighted by atomic mass is 9.83. The molecule has 3 aliphatic rings. The molecule has 0 radical (unpaired) electrons. The number of likely N-dealkylation sites (N-methyl/N-ethyl adjacent to an activating group) is 1. The SMILES string of the molecule is CN(C(=O)Cc1ccc([N+](=O)[O-])cc1Br)C1CN2CCC1CC2. The smallest absolute Gasteiger partial charge is 0.270 e. The van der Waals surface area contributed by atoms with Crippen molar-refractivity contribution in [3.63, 3.8) is 0 Å². The summed E-state index contributed by atoms with van der Waals surface area (Å²) in [6.45, 7) is 3.27. The molecular formula is C16H20BrN3O3. The van der Waals surface area contributed by atoms with Crippen molar-refractivity contribution < 1.29 is 9.72 Å². The van der Waals surface area contributed by atoms with Crippen LogP contribution in [0.2, 0.25) is 0 Å². The first-order valence-electron chi connectivity index (χ1n) is 7.86. The van der Waals surface area contributed by atoms with Crippen LogP contribution in [0.1, 0.15) is 18.4 Å². The molecule has 1 amide bonds. The number of non-ortho nitro benzene ring substituents is 1. The van der Waals surface area contributed by atoms with Gasteiger partial charge >= 0.3 is 0 Å². The molecule has 3 heterocycles. The maximum absolute atomic E-state index is 12.6. The predicted octanol–water partition coefficient (Wildman–Crippen LogP) is 2.45. The fourth-order valence-corrected chi connectivity index (χ4v) is 4.15. The van der Waals surface area contributed by atoms with E-state index in [1.807, 2.05) is 11.9 Å². The van der Waals surface area contributed by atoms with E-state index in [9.17, 15) is 14.9 Å². The maximum atomic E-state index is 12.6. The van der Waals surface area contributed by atoms with Gasteiger partial charge in [-0.05, 0) is 37.4 Å². The van der Waals surface area contributed by atoms with Crippen LogP contribution >= 0.6 is 15.9 Å². The highest BCUT2D eigenvalue weighted by Gasteiger charge is 2.37. The second-order valence-electron chi connectivity index (χ2n) is 6.42. The average molecular weight is 382 g/mol. The number of piperidine rings is 3. The van der Waals surface area contributed by atoms with Gasteiger partial charge < -0.3 is 9.80 Å². The molecular weight excluding hydrogens is 362 g/mol. The zero-order chi connectivity index (χ0) is 16.6. The minimum atomic E-state index is -0.435. The zero-order valence-corrected chi connectivity index (χ0v) is 14.7.